The third-order valence-corrected chi connectivity index (χ3v) is 2.39. The molecule has 0 aromatic heterocycles. The van der Waals surface area contributed by atoms with E-state index in [1.807, 2.05) is 13.8 Å². The van der Waals surface area contributed by atoms with E-state index in [2.05, 4.69) is 0 Å². The first-order valence-electron chi connectivity index (χ1n) is 5.12. The number of carbonyl (C=O) groups excluding carboxylic acids is 1. The SMILES string of the molecule is COc1cc(F)cc(C(=O)CN)c1C(C)C. The fourth-order valence-electron chi connectivity index (χ4n) is 1.70. The fraction of sp³-hybridized carbons (Fsp3) is 0.417. The van der Waals surface area contributed by atoms with Gasteiger partial charge in [0.1, 0.15) is 11.6 Å². The van der Waals surface area contributed by atoms with E-state index in [9.17, 15) is 9.18 Å². The highest BCUT2D eigenvalue weighted by Crippen LogP contribution is 2.31. The molecule has 4 heteroatoms. The van der Waals surface area contributed by atoms with Crippen molar-refractivity contribution in [1.82, 2.24) is 0 Å². The third-order valence-electron chi connectivity index (χ3n) is 2.39. The zero-order valence-electron chi connectivity index (χ0n) is 9.71. The molecule has 0 aliphatic rings. The van der Waals surface area contributed by atoms with Crippen LogP contribution in [-0.2, 0) is 0 Å². The molecule has 0 radical (unpaired) electrons. The van der Waals surface area contributed by atoms with Crippen LogP contribution in [0.15, 0.2) is 12.1 Å². The summed E-state index contributed by atoms with van der Waals surface area (Å²) in [5.74, 6) is -0.299. The van der Waals surface area contributed by atoms with Crippen molar-refractivity contribution in [1.29, 1.82) is 0 Å². The van der Waals surface area contributed by atoms with Gasteiger partial charge in [0.05, 0.1) is 13.7 Å². The number of carbonyl (C=O) groups is 1. The van der Waals surface area contributed by atoms with Crippen LogP contribution >= 0.6 is 0 Å². The number of halogens is 1. The number of Topliss-reactive ketones (excluding diaryl/α,β-unsaturated/α-hetero) is 1. The first-order chi connectivity index (χ1) is 7.51. The minimum Gasteiger partial charge on any atom is -0.496 e. The molecule has 3 nitrogen and oxygen atoms in total. The van der Waals surface area contributed by atoms with Crippen LogP contribution in [0, 0.1) is 5.82 Å². The topological polar surface area (TPSA) is 52.3 Å². The van der Waals surface area contributed by atoms with Crippen LogP contribution in [0.4, 0.5) is 4.39 Å². The van der Waals surface area contributed by atoms with Crippen LogP contribution in [0.3, 0.4) is 0 Å². The predicted octanol–water partition coefficient (Wildman–Crippen LogP) is 2.10. The molecule has 0 aliphatic heterocycles. The molecular weight excluding hydrogens is 209 g/mol. The molecule has 0 saturated carbocycles. The lowest BCUT2D eigenvalue weighted by molar-refractivity contribution is 0.0999. The number of benzene rings is 1. The Labute approximate surface area is 94.4 Å². The Morgan fingerprint density at radius 3 is 2.56 bits per heavy atom. The van der Waals surface area contributed by atoms with E-state index < -0.39 is 5.82 Å². The number of nitrogens with two attached hydrogens (primary N) is 1. The van der Waals surface area contributed by atoms with Crippen molar-refractivity contribution in [2.75, 3.05) is 13.7 Å². The Kier molecular flexibility index (Phi) is 4.01. The zero-order chi connectivity index (χ0) is 12.3. The van der Waals surface area contributed by atoms with Gasteiger partial charge in [-0.25, -0.2) is 4.39 Å². The summed E-state index contributed by atoms with van der Waals surface area (Å²) in [4.78, 5) is 11.6. The molecule has 0 atom stereocenters. The van der Waals surface area contributed by atoms with Gasteiger partial charge >= 0.3 is 0 Å². The van der Waals surface area contributed by atoms with E-state index in [0.29, 0.717) is 16.9 Å². The standard InChI is InChI=1S/C12H16FNO2/c1-7(2)12-9(10(15)6-14)4-8(13)5-11(12)16-3/h4-5,7H,6,14H2,1-3H3. The monoisotopic (exact) mass is 225 g/mol. The van der Waals surface area contributed by atoms with Gasteiger partial charge in [-0.1, -0.05) is 13.8 Å². The summed E-state index contributed by atoms with van der Waals surface area (Å²) in [6, 6.07) is 2.50. The third kappa shape index (κ3) is 2.39. The van der Waals surface area contributed by atoms with Crippen molar-refractivity contribution >= 4 is 5.78 Å². The molecule has 0 saturated heterocycles. The number of ketones is 1. The molecule has 0 spiro atoms. The Balaban J connectivity index is 3.44. The van der Waals surface area contributed by atoms with Gasteiger partial charge in [-0.2, -0.15) is 0 Å². The highest BCUT2D eigenvalue weighted by atomic mass is 19.1. The minimum absolute atomic E-state index is 0.0704. The fourth-order valence-corrected chi connectivity index (χ4v) is 1.70. The first-order valence-corrected chi connectivity index (χ1v) is 5.12. The Morgan fingerprint density at radius 2 is 2.12 bits per heavy atom. The van der Waals surface area contributed by atoms with Crippen molar-refractivity contribution in [2.24, 2.45) is 5.73 Å². The van der Waals surface area contributed by atoms with Crippen LogP contribution in [0.2, 0.25) is 0 Å². The quantitative estimate of drug-likeness (QED) is 0.798. The maximum Gasteiger partial charge on any atom is 0.176 e. The number of rotatable bonds is 4. The second-order valence-corrected chi connectivity index (χ2v) is 3.85. The maximum atomic E-state index is 13.3. The van der Waals surface area contributed by atoms with Crippen LogP contribution in [0.25, 0.3) is 0 Å². The molecular formula is C12H16FNO2. The van der Waals surface area contributed by atoms with Crippen molar-refractivity contribution in [3.63, 3.8) is 0 Å². The van der Waals surface area contributed by atoms with Gasteiger partial charge in [-0.05, 0) is 12.0 Å². The van der Waals surface area contributed by atoms with E-state index >= 15 is 0 Å². The summed E-state index contributed by atoms with van der Waals surface area (Å²) in [7, 11) is 1.46. The second-order valence-electron chi connectivity index (χ2n) is 3.85. The average Bonchev–Trinajstić information content (AvgIpc) is 2.26. The molecule has 1 aromatic rings. The van der Waals surface area contributed by atoms with Crippen LogP contribution in [0.1, 0.15) is 35.7 Å². The summed E-state index contributed by atoms with van der Waals surface area (Å²) in [5, 5.41) is 0. The van der Waals surface area contributed by atoms with Crippen molar-refractivity contribution in [2.45, 2.75) is 19.8 Å². The summed E-state index contributed by atoms with van der Waals surface area (Å²) >= 11 is 0. The molecule has 0 aliphatic carbocycles. The molecule has 2 N–H and O–H groups in total. The molecule has 0 bridgehead atoms. The van der Waals surface area contributed by atoms with Crippen LogP contribution in [-0.4, -0.2) is 19.4 Å². The van der Waals surface area contributed by atoms with Gasteiger partial charge < -0.3 is 10.5 Å². The van der Waals surface area contributed by atoms with E-state index in [1.54, 1.807) is 0 Å². The van der Waals surface area contributed by atoms with E-state index in [1.165, 1.54) is 19.2 Å². The van der Waals surface area contributed by atoms with Gasteiger partial charge in [0.25, 0.3) is 0 Å². The molecule has 0 heterocycles. The molecule has 0 amide bonds. The van der Waals surface area contributed by atoms with E-state index in [-0.39, 0.29) is 18.2 Å². The number of methoxy groups -OCH3 is 1. The highest BCUT2D eigenvalue weighted by Gasteiger charge is 2.19. The summed E-state index contributed by atoms with van der Waals surface area (Å²) in [5.41, 5.74) is 6.32. The highest BCUT2D eigenvalue weighted by molar-refractivity contribution is 5.99. The van der Waals surface area contributed by atoms with Gasteiger partial charge in [0, 0.05) is 17.2 Å². The van der Waals surface area contributed by atoms with Gasteiger partial charge in [0.2, 0.25) is 0 Å². The number of hydrogen-bond donors (Lipinski definition) is 1. The van der Waals surface area contributed by atoms with Crippen molar-refractivity contribution in [3.8, 4) is 5.75 Å². The van der Waals surface area contributed by atoms with Gasteiger partial charge in [0.15, 0.2) is 5.78 Å². The number of ether oxygens (including phenoxy) is 1. The lowest BCUT2D eigenvalue weighted by Crippen LogP contribution is -2.17. The Bertz CT molecular complexity index is 402. The van der Waals surface area contributed by atoms with E-state index in [0.717, 1.165) is 0 Å². The zero-order valence-corrected chi connectivity index (χ0v) is 9.71. The molecule has 1 aromatic carbocycles. The first kappa shape index (κ1) is 12.6. The smallest absolute Gasteiger partial charge is 0.176 e. The van der Waals surface area contributed by atoms with Crippen LogP contribution < -0.4 is 10.5 Å². The maximum absolute atomic E-state index is 13.3. The average molecular weight is 225 g/mol. The van der Waals surface area contributed by atoms with E-state index in [4.69, 9.17) is 10.5 Å². The number of hydrogen-bond acceptors (Lipinski definition) is 3. The lowest BCUT2D eigenvalue weighted by Gasteiger charge is -2.16. The largest absolute Gasteiger partial charge is 0.496 e. The summed E-state index contributed by atoms with van der Waals surface area (Å²) < 4.78 is 18.4. The van der Waals surface area contributed by atoms with Crippen molar-refractivity contribution in [3.05, 3.63) is 29.1 Å². The lowest BCUT2D eigenvalue weighted by atomic mass is 9.93. The van der Waals surface area contributed by atoms with Gasteiger partial charge in [-0.3, -0.25) is 4.79 Å². The minimum atomic E-state index is -0.488. The molecule has 16 heavy (non-hydrogen) atoms. The molecule has 1 rings (SSSR count). The molecule has 0 fully saturated rings. The molecule has 88 valence electrons. The second kappa shape index (κ2) is 5.07. The molecule has 0 unspecified atom stereocenters. The van der Waals surface area contributed by atoms with Crippen molar-refractivity contribution < 1.29 is 13.9 Å². The summed E-state index contributed by atoms with van der Waals surface area (Å²) in [6.45, 7) is 3.71. The van der Waals surface area contributed by atoms with Gasteiger partial charge in [-0.15, -0.1) is 0 Å². The predicted molar refractivity (Wildman–Crippen MR) is 60.4 cm³/mol. The van der Waals surface area contributed by atoms with Crippen LogP contribution in [0.5, 0.6) is 5.75 Å². The summed E-state index contributed by atoms with van der Waals surface area (Å²) in [6.07, 6.45) is 0. The normalized spacial score (nSPS) is 10.6. The Morgan fingerprint density at radius 1 is 1.50 bits per heavy atom. The Hall–Kier alpha value is -1.42.